The van der Waals surface area contributed by atoms with Crippen LogP contribution in [0.1, 0.15) is 39.5 Å². The van der Waals surface area contributed by atoms with Crippen LogP contribution in [0.15, 0.2) is 0 Å². The summed E-state index contributed by atoms with van der Waals surface area (Å²) in [7, 11) is 0. The lowest BCUT2D eigenvalue weighted by atomic mass is 9.99. The molecule has 1 fully saturated rings. The van der Waals surface area contributed by atoms with Crippen molar-refractivity contribution in [3.63, 3.8) is 0 Å². The molecule has 1 rings (SSSR count). The number of rotatable bonds is 7. The molecule has 0 spiro atoms. The summed E-state index contributed by atoms with van der Waals surface area (Å²) in [4.78, 5) is 22.7. The van der Waals surface area contributed by atoms with Gasteiger partial charge in [-0.1, -0.05) is 20.3 Å². The van der Waals surface area contributed by atoms with Gasteiger partial charge in [-0.15, -0.1) is 0 Å². The lowest BCUT2D eigenvalue weighted by molar-refractivity contribution is -0.143. The lowest BCUT2D eigenvalue weighted by Crippen LogP contribution is -2.46. The Morgan fingerprint density at radius 3 is 2.47 bits per heavy atom. The summed E-state index contributed by atoms with van der Waals surface area (Å²) in [6, 6.07) is -0.930. The largest absolute Gasteiger partial charge is 0.480 e. The summed E-state index contributed by atoms with van der Waals surface area (Å²) in [5.41, 5.74) is 5.83. The SMILES string of the molecule is CCC(C)C(NC(=O)CC(N)C1CC1)C(=O)O. The van der Waals surface area contributed by atoms with Crippen molar-refractivity contribution in [1.82, 2.24) is 5.32 Å². The molecule has 0 heterocycles. The maximum Gasteiger partial charge on any atom is 0.326 e. The quantitative estimate of drug-likeness (QED) is 0.613. The van der Waals surface area contributed by atoms with E-state index < -0.39 is 12.0 Å². The molecule has 1 aliphatic carbocycles. The third-order valence-corrected chi connectivity index (χ3v) is 3.44. The number of carbonyl (C=O) groups is 2. The zero-order chi connectivity index (χ0) is 13.0. The van der Waals surface area contributed by atoms with E-state index in [1.54, 1.807) is 0 Å². The van der Waals surface area contributed by atoms with Gasteiger partial charge in [0.25, 0.3) is 0 Å². The topological polar surface area (TPSA) is 92.4 Å². The number of aliphatic carboxylic acids is 1. The van der Waals surface area contributed by atoms with Gasteiger partial charge in [0.1, 0.15) is 6.04 Å². The third kappa shape index (κ3) is 4.34. The molecular formula is C12H22N2O3. The van der Waals surface area contributed by atoms with Gasteiger partial charge < -0.3 is 16.2 Å². The molecule has 3 unspecified atom stereocenters. The molecule has 5 nitrogen and oxygen atoms in total. The van der Waals surface area contributed by atoms with Crippen LogP contribution in [0.4, 0.5) is 0 Å². The van der Waals surface area contributed by atoms with Crippen LogP contribution >= 0.6 is 0 Å². The molecule has 4 N–H and O–H groups in total. The summed E-state index contributed by atoms with van der Waals surface area (Å²) in [5.74, 6) is -0.856. The molecule has 0 saturated heterocycles. The first-order valence-electron chi connectivity index (χ1n) is 6.23. The Morgan fingerprint density at radius 1 is 1.47 bits per heavy atom. The minimum absolute atomic E-state index is 0.0754. The van der Waals surface area contributed by atoms with Crippen molar-refractivity contribution in [1.29, 1.82) is 0 Å². The second-order valence-electron chi connectivity index (χ2n) is 4.97. The highest BCUT2D eigenvalue weighted by molar-refractivity contribution is 5.84. The normalized spacial score (nSPS) is 20.4. The summed E-state index contributed by atoms with van der Waals surface area (Å²) in [6.07, 6.45) is 3.11. The first-order valence-corrected chi connectivity index (χ1v) is 6.23. The van der Waals surface area contributed by atoms with Gasteiger partial charge in [0.2, 0.25) is 5.91 Å². The zero-order valence-corrected chi connectivity index (χ0v) is 10.5. The number of hydrogen-bond acceptors (Lipinski definition) is 3. The number of carboxylic acids is 1. The smallest absolute Gasteiger partial charge is 0.326 e. The van der Waals surface area contributed by atoms with Crippen LogP contribution in [0.2, 0.25) is 0 Å². The van der Waals surface area contributed by atoms with Crippen molar-refractivity contribution < 1.29 is 14.7 Å². The third-order valence-electron chi connectivity index (χ3n) is 3.44. The Kier molecular flexibility index (Phi) is 4.93. The summed E-state index contributed by atoms with van der Waals surface area (Å²) >= 11 is 0. The van der Waals surface area contributed by atoms with E-state index in [9.17, 15) is 9.59 Å². The molecule has 17 heavy (non-hydrogen) atoms. The standard InChI is InChI=1S/C12H22N2O3/c1-3-7(2)11(12(16)17)14-10(15)6-9(13)8-4-5-8/h7-9,11H,3-6,13H2,1-2H3,(H,14,15)(H,16,17). The number of amides is 1. The Balaban J connectivity index is 2.42. The predicted molar refractivity (Wildman–Crippen MR) is 64.3 cm³/mol. The fourth-order valence-electron chi connectivity index (χ4n) is 1.82. The summed E-state index contributed by atoms with van der Waals surface area (Å²) < 4.78 is 0. The van der Waals surface area contributed by atoms with Gasteiger partial charge in [-0.2, -0.15) is 0 Å². The molecule has 3 atom stereocenters. The van der Waals surface area contributed by atoms with Crippen molar-refractivity contribution in [2.45, 2.75) is 51.6 Å². The van der Waals surface area contributed by atoms with Gasteiger partial charge in [0, 0.05) is 12.5 Å². The minimum atomic E-state index is -0.979. The average molecular weight is 242 g/mol. The van der Waals surface area contributed by atoms with Crippen LogP contribution in [0.5, 0.6) is 0 Å². The van der Waals surface area contributed by atoms with Crippen LogP contribution < -0.4 is 11.1 Å². The van der Waals surface area contributed by atoms with Gasteiger partial charge >= 0.3 is 5.97 Å². The Hall–Kier alpha value is -1.10. The lowest BCUT2D eigenvalue weighted by Gasteiger charge is -2.21. The fourth-order valence-corrected chi connectivity index (χ4v) is 1.82. The number of carboxylic acid groups (broad SMARTS) is 1. The minimum Gasteiger partial charge on any atom is -0.480 e. The van der Waals surface area contributed by atoms with E-state index in [1.165, 1.54) is 0 Å². The maximum atomic E-state index is 11.7. The monoisotopic (exact) mass is 242 g/mol. The van der Waals surface area contributed by atoms with E-state index in [0.29, 0.717) is 12.3 Å². The Morgan fingerprint density at radius 2 is 2.06 bits per heavy atom. The van der Waals surface area contributed by atoms with E-state index in [4.69, 9.17) is 10.8 Å². The van der Waals surface area contributed by atoms with Crippen LogP contribution in [0.3, 0.4) is 0 Å². The van der Waals surface area contributed by atoms with Crippen LogP contribution in [-0.4, -0.2) is 29.1 Å². The second-order valence-corrected chi connectivity index (χ2v) is 4.97. The molecule has 0 aromatic carbocycles. The van der Waals surface area contributed by atoms with Crippen molar-refractivity contribution in [3.8, 4) is 0 Å². The van der Waals surface area contributed by atoms with Gasteiger partial charge in [0.05, 0.1) is 0 Å². The van der Waals surface area contributed by atoms with Crippen LogP contribution in [0, 0.1) is 11.8 Å². The van der Waals surface area contributed by atoms with Crippen molar-refractivity contribution in [2.75, 3.05) is 0 Å². The molecule has 1 aliphatic rings. The number of nitrogens with one attached hydrogen (secondary N) is 1. The molecule has 0 bridgehead atoms. The number of nitrogens with two attached hydrogens (primary N) is 1. The highest BCUT2D eigenvalue weighted by atomic mass is 16.4. The maximum absolute atomic E-state index is 11.7. The van der Waals surface area contributed by atoms with Gasteiger partial charge in [-0.05, 0) is 24.7 Å². The Bertz CT molecular complexity index is 289. The number of hydrogen-bond donors (Lipinski definition) is 3. The Labute approximate surface area is 102 Å². The highest BCUT2D eigenvalue weighted by Crippen LogP contribution is 2.32. The molecule has 1 saturated carbocycles. The van der Waals surface area contributed by atoms with Crippen molar-refractivity contribution in [3.05, 3.63) is 0 Å². The number of carbonyl (C=O) groups excluding carboxylic acids is 1. The zero-order valence-electron chi connectivity index (χ0n) is 10.5. The molecule has 0 radical (unpaired) electrons. The van der Waals surface area contributed by atoms with Crippen LogP contribution in [0.25, 0.3) is 0 Å². The first kappa shape index (κ1) is 14.0. The predicted octanol–water partition coefficient (Wildman–Crippen LogP) is 0.729. The molecule has 0 aromatic rings. The summed E-state index contributed by atoms with van der Waals surface area (Å²) in [5, 5.41) is 11.6. The van der Waals surface area contributed by atoms with Gasteiger partial charge in [-0.3, -0.25) is 4.79 Å². The van der Waals surface area contributed by atoms with Crippen LogP contribution in [-0.2, 0) is 9.59 Å². The molecule has 0 aliphatic heterocycles. The molecule has 0 aromatic heterocycles. The average Bonchev–Trinajstić information content (AvgIpc) is 3.08. The van der Waals surface area contributed by atoms with Crippen molar-refractivity contribution in [2.24, 2.45) is 17.6 Å². The van der Waals surface area contributed by atoms with E-state index >= 15 is 0 Å². The van der Waals surface area contributed by atoms with E-state index in [0.717, 1.165) is 12.8 Å². The first-order chi connectivity index (χ1) is 7.95. The molecule has 1 amide bonds. The summed E-state index contributed by atoms with van der Waals surface area (Å²) in [6.45, 7) is 3.72. The van der Waals surface area contributed by atoms with Gasteiger partial charge in [-0.25, -0.2) is 4.79 Å². The van der Waals surface area contributed by atoms with E-state index in [1.807, 2.05) is 13.8 Å². The fraction of sp³-hybridized carbons (Fsp3) is 0.833. The second kappa shape index (κ2) is 6.00. The van der Waals surface area contributed by atoms with E-state index in [-0.39, 0.29) is 24.3 Å². The van der Waals surface area contributed by atoms with E-state index in [2.05, 4.69) is 5.32 Å². The highest BCUT2D eigenvalue weighted by Gasteiger charge is 2.31. The van der Waals surface area contributed by atoms with Gasteiger partial charge in [0.15, 0.2) is 0 Å². The molecular weight excluding hydrogens is 220 g/mol. The van der Waals surface area contributed by atoms with Crippen molar-refractivity contribution >= 4 is 11.9 Å². The molecule has 98 valence electrons. The molecule has 5 heteroatoms.